The zero-order valence-corrected chi connectivity index (χ0v) is 13.1. The molecule has 4 nitrogen and oxygen atoms in total. The van der Waals surface area contributed by atoms with Crippen molar-refractivity contribution in [3.05, 3.63) is 39.5 Å². The number of aldehydes is 1. The Morgan fingerprint density at radius 2 is 1.90 bits per heavy atom. The Labute approximate surface area is 124 Å². The van der Waals surface area contributed by atoms with Crippen molar-refractivity contribution in [3.8, 4) is 0 Å². The van der Waals surface area contributed by atoms with Gasteiger partial charge in [-0.3, -0.25) is 9.59 Å². The van der Waals surface area contributed by atoms with Crippen LogP contribution in [0.15, 0.2) is 27.4 Å². The largest absolute Gasteiger partial charge is 0.440 e. The Balaban J connectivity index is 2.72. The first-order chi connectivity index (χ1) is 9.73. The summed E-state index contributed by atoms with van der Waals surface area (Å²) in [6.07, 6.45) is 0.557. The fraction of sp³-hybridized carbons (Fsp3) is 0.412. The van der Waals surface area contributed by atoms with Crippen LogP contribution in [0.1, 0.15) is 56.5 Å². The van der Waals surface area contributed by atoms with Crippen LogP contribution in [0.5, 0.6) is 0 Å². The van der Waals surface area contributed by atoms with Gasteiger partial charge in [0, 0.05) is 5.54 Å². The first-order valence-electron chi connectivity index (χ1n) is 7.07. The van der Waals surface area contributed by atoms with E-state index in [0.29, 0.717) is 23.2 Å². The van der Waals surface area contributed by atoms with Gasteiger partial charge >= 0.3 is 0 Å². The molecule has 1 aromatic carbocycles. The van der Waals surface area contributed by atoms with E-state index in [9.17, 15) is 9.59 Å². The van der Waals surface area contributed by atoms with Gasteiger partial charge in [-0.25, -0.2) is 0 Å². The lowest BCUT2D eigenvalue weighted by atomic mass is 10.0. The fourth-order valence-corrected chi connectivity index (χ4v) is 2.13. The van der Waals surface area contributed by atoms with Crippen LogP contribution in [0.25, 0.3) is 11.0 Å². The molecule has 0 amide bonds. The highest BCUT2D eigenvalue weighted by Gasteiger charge is 2.19. The van der Waals surface area contributed by atoms with Crippen LogP contribution in [0, 0.1) is 0 Å². The maximum atomic E-state index is 12.5. The van der Waals surface area contributed by atoms with E-state index >= 15 is 0 Å². The summed E-state index contributed by atoms with van der Waals surface area (Å²) < 4.78 is 5.73. The summed E-state index contributed by atoms with van der Waals surface area (Å²) in [5, 5.41) is 3.52. The van der Waals surface area contributed by atoms with Crippen molar-refractivity contribution in [1.82, 2.24) is 0 Å². The molecule has 2 aromatic rings. The van der Waals surface area contributed by atoms with E-state index in [0.717, 1.165) is 5.56 Å². The second kappa shape index (κ2) is 5.35. The molecule has 0 atom stereocenters. The first-order valence-corrected chi connectivity index (χ1v) is 7.07. The molecule has 1 N–H and O–H groups in total. The van der Waals surface area contributed by atoms with Crippen molar-refractivity contribution in [2.75, 3.05) is 5.32 Å². The molecule has 0 radical (unpaired) electrons. The molecule has 4 heteroatoms. The van der Waals surface area contributed by atoms with Crippen LogP contribution >= 0.6 is 0 Å². The SMILES string of the molecule is CC(C)c1ccc2oc(NC(C)(C)C)c(C=O)c(=O)c2c1. The van der Waals surface area contributed by atoms with Gasteiger partial charge in [0.2, 0.25) is 11.3 Å². The van der Waals surface area contributed by atoms with Crippen LogP contribution in [0.4, 0.5) is 5.88 Å². The number of carbonyl (C=O) groups excluding carboxylic acids is 1. The molecule has 0 aliphatic rings. The zero-order valence-electron chi connectivity index (χ0n) is 13.1. The van der Waals surface area contributed by atoms with E-state index in [1.54, 1.807) is 12.1 Å². The van der Waals surface area contributed by atoms with Gasteiger partial charge in [-0.05, 0) is 44.4 Å². The Kier molecular flexibility index (Phi) is 3.90. The molecule has 2 rings (SSSR count). The smallest absolute Gasteiger partial charge is 0.208 e. The number of fused-ring (bicyclic) bond motifs is 1. The average Bonchev–Trinajstić information content (AvgIpc) is 2.36. The molecule has 0 unspecified atom stereocenters. The lowest BCUT2D eigenvalue weighted by molar-refractivity contribution is 0.112. The van der Waals surface area contributed by atoms with Crippen molar-refractivity contribution in [1.29, 1.82) is 0 Å². The molecule has 0 aliphatic heterocycles. The van der Waals surface area contributed by atoms with Crippen molar-refractivity contribution in [3.63, 3.8) is 0 Å². The quantitative estimate of drug-likeness (QED) is 0.869. The number of hydrogen-bond donors (Lipinski definition) is 1. The van der Waals surface area contributed by atoms with E-state index in [1.165, 1.54) is 0 Å². The number of carbonyl (C=O) groups is 1. The van der Waals surface area contributed by atoms with Crippen LogP contribution in [0.3, 0.4) is 0 Å². The highest BCUT2D eigenvalue weighted by Crippen LogP contribution is 2.25. The molecule has 1 aromatic heterocycles. The fourth-order valence-electron chi connectivity index (χ4n) is 2.13. The third kappa shape index (κ3) is 3.15. The Morgan fingerprint density at radius 3 is 2.43 bits per heavy atom. The zero-order chi connectivity index (χ0) is 15.8. The van der Waals surface area contributed by atoms with E-state index in [1.807, 2.05) is 26.8 Å². The number of anilines is 1. The molecule has 0 saturated heterocycles. The van der Waals surface area contributed by atoms with Crippen molar-refractivity contribution in [2.24, 2.45) is 0 Å². The highest BCUT2D eigenvalue weighted by atomic mass is 16.3. The van der Waals surface area contributed by atoms with E-state index in [-0.39, 0.29) is 22.4 Å². The van der Waals surface area contributed by atoms with Gasteiger partial charge in [0.05, 0.1) is 5.39 Å². The van der Waals surface area contributed by atoms with E-state index < -0.39 is 0 Å². The minimum atomic E-state index is -0.306. The first kappa shape index (κ1) is 15.3. The van der Waals surface area contributed by atoms with Crippen LogP contribution in [-0.2, 0) is 0 Å². The molecule has 112 valence electrons. The van der Waals surface area contributed by atoms with Crippen molar-refractivity contribution >= 4 is 23.1 Å². The Bertz CT molecular complexity index is 736. The number of rotatable bonds is 3. The monoisotopic (exact) mass is 287 g/mol. The lowest BCUT2D eigenvalue weighted by Gasteiger charge is -2.21. The second-order valence-corrected chi connectivity index (χ2v) is 6.58. The third-order valence-electron chi connectivity index (χ3n) is 3.22. The van der Waals surface area contributed by atoms with Gasteiger partial charge in [0.25, 0.3) is 0 Å². The van der Waals surface area contributed by atoms with Crippen LogP contribution in [0.2, 0.25) is 0 Å². The van der Waals surface area contributed by atoms with Gasteiger partial charge < -0.3 is 9.73 Å². The number of nitrogens with one attached hydrogen (secondary N) is 1. The third-order valence-corrected chi connectivity index (χ3v) is 3.22. The molecule has 0 saturated carbocycles. The van der Waals surface area contributed by atoms with E-state index in [2.05, 4.69) is 19.2 Å². The Hall–Kier alpha value is -2.10. The summed E-state index contributed by atoms with van der Waals surface area (Å²) in [6.45, 7) is 9.92. The standard InChI is InChI=1S/C17H21NO3/c1-10(2)11-6-7-14-12(8-11)15(20)13(9-19)16(21-14)18-17(3,4)5/h6-10,18H,1-5H3. The summed E-state index contributed by atoms with van der Waals surface area (Å²) in [4.78, 5) is 23.8. The Morgan fingerprint density at radius 1 is 1.24 bits per heavy atom. The lowest BCUT2D eigenvalue weighted by Crippen LogP contribution is -2.28. The molecule has 0 aliphatic carbocycles. The summed E-state index contributed by atoms with van der Waals surface area (Å²) >= 11 is 0. The molecule has 0 bridgehead atoms. The average molecular weight is 287 g/mol. The number of hydrogen-bond acceptors (Lipinski definition) is 4. The van der Waals surface area contributed by atoms with Crippen LogP contribution < -0.4 is 10.7 Å². The maximum absolute atomic E-state index is 12.5. The van der Waals surface area contributed by atoms with Crippen molar-refractivity contribution < 1.29 is 9.21 Å². The predicted molar refractivity (Wildman–Crippen MR) is 85.3 cm³/mol. The van der Waals surface area contributed by atoms with Gasteiger partial charge in [0.15, 0.2) is 6.29 Å². The molecule has 1 heterocycles. The molecular weight excluding hydrogens is 266 g/mol. The molecule has 0 fully saturated rings. The maximum Gasteiger partial charge on any atom is 0.208 e. The summed E-state index contributed by atoms with van der Waals surface area (Å²) in [7, 11) is 0. The molecule has 21 heavy (non-hydrogen) atoms. The summed E-state index contributed by atoms with van der Waals surface area (Å²) in [6, 6.07) is 5.53. The van der Waals surface area contributed by atoms with Crippen molar-refractivity contribution in [2.45, 2.75) is 46.1 Å². The predicted octanol–water partition coefficient (Wildman–Crippen LogP) is 3.94. The molecular formula is C17H21NO3. The van der Waals surface area contributed by atoms with E-state index in [4.69, 9.17) is 4.42 Å². The normalized spacial score (nSPS) is 11.9. The minimum absolute atomic E-state index is 0.0401. The number of benzene rings is 1. The van der Waals surface area contributed by atoms with Gasteiger partial charge in [0.1, 0.15) is 11.1 Å². The van der Waals surface area contributed by atoms with Gasteiger partial charge in [-0.1, -0.05) is 19.9 Å². The van der Waals surface area contributed by atoms with Crippen LogP contribution in [-0.4, -0.2) is 11.8 Å². The summed E-state index contributed by atoms with van der Waals surface area (Å²) in [5.41, 5.74) is 0.975. The van der Waals surface area contributed by atoms with Gasteiger partial charge in [-0.15, -0.1) is 0 Å². The second-order valence-electron chi connectivity index (χ2n) is 6.58. The molecule has 0 spiro atoms. The summed E-state index contributed by atoms with van der Waals surface area (Å²) in [5.74, 6) is 0.535. The minimum Gasteiger partial charge on any atom is -0.440 e. The highest BCUT2D eigenvalue weighted by molar-refractivity contribution is 5.89. The van der Waals surface area contributed by atoms with Gasteiger partial charge in [-0.2, -0.15) is 0 Å². The topological polar surface area (TPSA) is 59.3 Å².